The van der Waals surface area contributed by atoms with Crippen LogP contribution in [-0.4, -0.2) is 26.3 Å². The molecule has 2 N–H and O–H groups in total. The van der Waals surface area contributed by atoms with Crippen molar-refractivity contribution in [1.29, 1.82) is 0 Å². The number of rotatable bonds is 6. The lowest BCUT2D eigenvalue weighted by Gasteiger charge is -2.07. The summed E-state index contributed by atoms with van der Waals surface area (Å²) in [6.45, 7) is 0.927. The summed E-state index contributed by atoms with van der Waals surface area (Å²) in [4.78, 5) is 10.2. The molecule has 17 heavy (non-hydrogen) atoms. The van der Waals surface area contributed by atoms with Gasteiger partial charge in [-0.15, -0.1) is 0 Å². The van der Waals surface area contributed by atoms with Crippen molar-refractivity contribution in [2.45, 2.75) is 0 Å². The number of carbonyl (C=O) groups excluding carboxylic acids is 1. The second-order valence-corrected chi connectivity index (χ2v) is 3.28. The van der Waals surface area contributed by atoms with Gasteiger partial charge in [-0.2, -0.15) is 0 Å². The Kier molecular flexibility index (Phi) is 5.03. The molecule has 5 heteroatoms. The van der Waals surface area contributed by atoms with Gasteiger partial charge in [-0.25, -0.2) is 0 Å². The zero-order valence-corrected chi connectivity index (χ0v) is 9.51. The lowest BCUT2D eigenvalue weighted by atomic mass is 10.1. The van der Waals surface area contributed by atoms with Crippen LogP contribution < -0.4 is 15.6 Å². The Hall–Kier alpha value is -2.01. The molecule has 0 radical (unpaired) electrons. The van der Waals surface area contributed by atoms with Gasteiger partial charge in [-0.05, 0) is 23.8 Å². The van der Waals surface area contributed by atoms with Crippen molar-refractivity contribution in [2.75, 3.05) is 26.1 Å². The Labute approximate surface area is 99.5 Å². The van der Waals surface area contributed by atoms with Crippen LogP contribution in [0.4, 0.5) is 5.69 Å². The summed E-state index contributed by atoms with van der Waals surface area (Å²) >= 11 is 0. The lowest BCUT2D eigenvalue weighted by molar-refractivity contribution is -0.297. The number of aliphatic carboxylic acids is 1. The summed E-state index contributed by atoms with van der Waals surface area (Å²) in [6.07, 6.45) is 2.31. The van der Waals surface area contributed by atoms with Crippen molar-refractivity contribution in [2.24, 2.45) is 0 Å². The van der Waals surface area contributed by atoms with E-state index in [1.54, 1.807) is 25.3 Å². The number of nitrogens with two attached hydrogens (primary N) is 1. The van der Waals surface area contributed by atoms with Gasteiger partial charge in [0.2, 0.25) is 0 Å². The summed E-state index contributed by atoms with van der Waals surface area (Å²) in [5, 5.41) is 10.2. The Morgan fingerprint density at radius 1 is 1.47 bits per heavy atom. The second kappa shape index (κ2) is 6.55. The minimum absolute atomic E-state index is 0.435. The standard InChI is InChI=1S/C12H15NO4/c1-16-6-7-17-10-4-2-9(11(13)8-10)3-5-12(14)15/h2-5,8H,6-7,13H2,1H3,(H,14,15)/p-1/b5-3+. The number of ether oxygens (including phenoxy) is 2. The third-order valence-electron chi connectivity index (χ3n) is 2.01. The number of carboxylic acids is 1. The van der Waals surface area contributed by atoms with Crippen LogP contribution in [0, 0.1) is 0 Å². The van der Waals surface area contributed by atoms with Gasteiger partial charge in [-0.1, -0.05) is 6.08 Å². The van der Waals surface area contributed by atoms with Gasteiger partial charge < -0.3 is 25.1 Å². The molecule has 0 unspecified atom stereocenters. The van der Waals surface area contributed by atoms with Crippen molar-refractivity contribution in [3.63, 3.8) is 0 Å². The Bertz CT molecular complexity index is 415. The lowest BCUT2D eigenvalue weighted by Crippen LogP contribution is -2.18. The van der Waals surface area contributed by atoms with Crippen molar-refractivity contribution >= 4 is 17.7 Å². The molecular weight excluding hydrogens is 222 g/mol. The van der Waals surface area contributed by atoms with E-state index in [2.05, 4.69) is 0 Å². The predicted molar refractivity (Wildman–Crippen MR) is 62.3 cm³/mol. The summed E-state index contributed by atoms with van der Waals surface area (Å²) in [7, 11) is 1.59. The SMILES string of the molecule is COCCOc1ccc(/C=C/C(=O)[O-])c(N)c1. The first kappa shape index (κ1) is 13.1. The first-order valence-electron chi connectivity index (χ1n) is 5.04. The van der Waals surface area contributed by atoms with Gasteiger partial charge in [0.15, 0.2) is 0 Å². The van der Waals surface area contributed by atoms with Crippen molar-refractivity contribution in [3.8, 4) is 5.75 Å². The largest absolute Gasteiger partial charge is 0.545 e. The minimum atomic E-state index is -1.26. The monoisotopic (exact) mass is 236 g/mol. The van der Waals surface area contributed by atoms with Crippen LogP contribution >= 0.6 is 0 Å². The van der Waals surface area contributed by atoms with Gasteiger partial charge in [0.25, 0.3) is 0 Å². The van der Waals surface area contributed by atoms with Crippen LogP contribution in [0.25, 0.3) is 6.08 Å². The smallest absolute Gasteiger partial charge is 0.121 e. The van der Waals surface area contributed by atoms with Gasteiger partial charge in [0.1, 0.15) is 12.4 Å². The van der Waals surface area contributed by atoms with E-state index in [4.69, 9.17) is 15.2 Å². The molecule has 0 atom stereocenters. The van der Waals surface area contributed by atoms with Crippen LogP contribution in [-0.2, 0) is 9.53 Å². The van der Waals surface area contributed by atoms with Gasteiger partial charge in [0, 0.05) is 18.9 Å². The Morgan fingerprint density at radius 2 is 2.24 bits per heavy atom. The topological polar surface area (TPSA) is 84.6 Å². The van der Waals surface area contributed by atoms with Gasteiger partial charge in [0.05, 0.1) is 12.6 Å². The molecule has 0 fully saturated rings. The number of carboxylic acid groups (broad SMARTS) is 1. The summed E-state index contributed by atoms with van der Waals surface area (Å²) in [6, 6.07) is 5.02. The average Bonchev–Trinajstić information content (AvgIpc) is 2.28. The highest BCUT2D eigenvalue weighted by Crippen LogP contribution is 2.20. The number of nitrogen functional groups attached to an aromatic ring is 1. The van der Waals surface area contributed by atoms with Crippen molar-refractivity contribution in [3.05, 3.63) is 29.8 Å². The summed E-state index contributed by atoms with van der Waals surface area (Å²) in [5.74, 6) is -0.644. The number of carbonyl (C=O) groups is 1. The minimum Gasteiger partial charge on any atom is -0.545 e. The van der Waals surface area contributed by atoms with Gasteiger partial charge >= 0.3 is 0 Å². The molecule has 5 nitrogen and oxygen atoms in total. The molecule has 0 spiro atoms. The molecule has 0 aromatic heterocycles. The number of benzene rings is 1. The van der Waals surface area contributed by atoms with E-state index in [0.29, 0.717) is 30.2 Å². The van der Waals surface area contributed by atoms with E-state index in [0.717, 1.165) is 6.08 Å². The molecule has 0 bridgehead atoms. The molecule has 0 saturated carbocycles. The molecule has 0 heterocycles. The fourth-order valence-corrected chi connectivity index (χ4v) is 1.20. The number of anilines is 1. The van der Waals surface area contributed by atoms with Crippen LogP contribution in [0.15, 0.2) is 24.3 Å². The van der Waals surface area contributed by atoms with Crippen LogP contribution in [0.2, 0.25) is 0 Å². The van der Waals surface area contributed by atoms with Crippen molar-refractivity contribution in [1.82, 2.24) is 0 Å². The average molecular weight is 236 g/mol. The highest BCUT2D eigenvalue weighted by Gasteiger charge is 1.99. The molecule has 0 saturated heterocycles. The van der Waals surface area contributed by atoms with Crippen molar-refractivity contribution < 1.29 is 19.4 Å². The Morgan fingerprint density at radius 3 is 2.82 bits per heavy atom. The quantitative estimate of drug-likeness (QED) is 0.429. The summed E-state index contributed by atoms with van der Waals surface area (Å²) in [5.41, 5.74) is 6.78. The highest BCUT2D eigenvalue weighted by atomic mass is 16.5. The molecule has 1 aromatic carbocycles. The first-order chi connectivity index (χ1) is 8.13. The normalized spacial score (nSPS) is 10.6. The summed E-state index contributed by atoms with van der Waals surface area (Å²) < 4.78 is 10.2. The third-order valence-corrected chi connectivity index (χ3v) is 2.01. The molecule has 0 aliphatic heterocycles. The molecule has 0 aliphatic carbocycles. The highest BCUT2D eigenvalue weighted by molar-refractivity contribution is 5.85. The molecule has 0 amide bonds. The van der Waals surface area contributed by atoms with E-state index in [1.807, 2.05) is 0 Å². The Balaban J connectivity index is 2.69. The fourth-order valence-electron chi connectivity index (χ4n) is 1.20. The maximum atomic E-state index is 10.2. The molecular formula is C12H14NO4-. The van der Waals surface area contributed by atoms with E-state index < -0.39 is 5.97 Å². The predicted octanol–water partition coefficient (Wildman–Crippen LogP) is 0.0571. The van der Waals surface area contributed by atoms with Crippen LogP contribution in [0.5, 0.6) is 5.75 Å². The second-order valence-electron chi connectivity index (χ2n) is 3.28. The van der Waals surface area contributed by atoms with E-state index >= 15 is 0 Å². The zero-order valence-electron chi connectivity index (χ0n) is 9.51. The maximum Gasteiger partial charge on any atom is 0.121 e. The van der Waals surface area contributed by atoms with Gasteiger partial charge in [-0.3, -0.25) is 0 Å². The molecule has 1 aromatic rings. The van der Waals surface area contributed by atoms with Crippen LogP contribution in [0.1, 0.15) is 5.56 Å². The van der Waals surface area contributed by atoms with E-state index in [-0.39, 0.29) is 0 Å². The number of hydrogen-bond donors (Lipinski definition) is 1. The first-order valence-corrected chi connectivity index (χ1v) is 5.04. The molecule has 92 valence electrons. The number of hydrogen-bond acceptors (Lipinski definition) is 5. The van der Waals surface area contributed by atoms with Crippen LogP contribution in [0.3, 0.4) is 0 Å². The number of methoxy groups -OCH3 is 1. The fraction of sp³-hybridized carbons (Fsp3) is 0.250. The van der Waals surface area contributed by atoms with E-state index in [9.17, 15) is 9.90 Å². The van der Waals surface area contributed by atoms with E-state index in [1.165, 1.54) is 6.08 Å². The molecule has 1 rings (SSSR count). The third kappa shape index (κ3) is 4.56. The molecule has 0 aliphatic rings. The maximum absolute atomic E-state index is 10.2. The zero-order chi connectivity index (χ0) is 12.7.